The van der Waals surface area contributed by atoms with E-state index in [0.29, 0.717) is 12.2 Å². The van der Waals surface area contributed by atoms with Gasteiger partial charge in [0.1, 0.15) is 0 Å². The Balaban J connectivity index is 2.32. The third kappa shape index (κ3) is 2.08. The fraction of sp³-hybridized carbons (Fsp3) is 0.417. The highest BCUT2D eigenvalue weighted by Crippen LogP contribution is 2.18. The minimum absolute atomic E-state index is 0.00397. The normalized spacial score (nSPS) is 16.9. The van der Waals surface area contributed by atoms with Crippen molar-refractivity contribution in [3.05, 3.63) is 34.9 Å². The quantitative estimate of drug-likeness (QED) is 0.740. The summed E-state index contributed by atoms with van der Waals surface area (Å²) in [6.45, 7) is 3.11. The smallest absolute Gasteiger partial charge is 0.179 e. The Morgan fingerprint density at radius 2 is 2.27 bits per heavy atom. The number of nitrogens with two attached hydrogens (primary N) is 1. The topological polar surface area (TPSA) is 52.3 Å². The Morgan fingerprint density at radius 3 is 3.00 bits per heavy atom. The van der Waals surface area contributed by atoms with Gasteiger partial charge in [0.05, 0.1) is 19.3 Å². The Hall–Kier alpha value is -1.19. The van der Waals surface area contributed by atoms with Gasteiger partial charge in [-0.2, -0.15) is 0 Å². The highest BCUT2D eigenvalue weighted by Gasteiger charge is 2.15. The molecular formula is C12H15NO2. The Labute approximate surface area is 89.2 Å². The number of ether oxygens (including phenoxy) is 1. The predicted molar refractivity (Wildman–Crippen MR) is 57.8 cm³/mol. The van der Waals surface area contributed by atoms with Crippen molar-refractivity contribution >= 4 is 5.78 Å². The van der Waals surface area contributed by atoms with Gasteiger partial charge in [-0.3, -0.25) is 4.79 Å². The average molecular weight is 205 g/mol. The van der Waals surface area contributed by atoms with Gasteiger partial charge in [0.15, 0.2) is 5.78 Å². The lowest BCUT2D eigenvalue weighted by Crippen LogP contribution is -2.27. The third-order valence-corrected chi connectivity index (χ3v) is 2.68. The minimum atomic E-state index is -0.428. The van der Waals surface area contributed by atoms with Crippen LogP contribution in [0.1, 0.15) is 28.4 Å². The SMILES string of the molecule is CC(N)C(=O)c1ccc2c(c1)CCOC2. The molecule has 0 aromatic heterocycles. The van der Waals surface area contributed by atoms with Crippen LogP contribution in [0.25, 0.3) is 0 Å². The molecule has 0 radical (unpaired) electrons. The molecule has 1 aliphatic rings. The summed E-state index contributed by atoms with van der Waals surface area (Å²) in [5.74, 6) is 0.00397. The number of carbonyl (C=O) groups is 1. The number of hydrogen-bond donors (Lipinski definition) is 1. The van der Waals surface area contributed by atoms with Crippen LogP contribution in [0.3, 0.4) is 0 Å². The zero-order valence-corrected chi connectivity index (χ0v) is 8.82. The fourth-order valence-electron chi connectivity index (χ4n) is 1.78. The van der Waals surface area contributed by atoms with E-state index in [1.54, 1.807) is 6.92 Å². The molecule has 80 valence electrons. The largest absolute Gasteiger partial charge is 0.376 e. The summed E-state index contributed by atoms with van der Waals surface area (Å²) in [6, 6.07) is 5.32. The molecule has 2 rings (SSSR count). The van der Waals surface area contributed by atoms with E-state index >= 15 is 0 Å². The van der Waals surface area contributed by atoms with E-state index in [-0.39, 0.29) is 5.78 Å². The van der Waals surface area contributed by atoms with Gasteiger partial charge >= 0.3 is 0 Å². The van der Waals surface area contributed by atoms with Crippen LogP contribution in [-0.2, 0) is 17.8 Å². The standard InChI is InChI=1S/C12H15NO2/c1-8(13)12(14)10-2-3-11-7-15-5-4-9(11)6-10/h2-3,6,8H,4-5,7,13H2,1H3. The number of benzene rings is 1. The van der Waals surface area contributed by atoms with E-state index in [1.165, 1.54) is 11.1 Å². The molecule has 1 aromatic carbocycles. The summed E-state index contributed by atoms with van der Waals surface area (Å²) < 4.78 is 5.33. The van der Waals surface area contributed by atoms with Crippen LogP contribution < -0.4 is 5.73 Å². The zero-order chi connectivity index (χ0) is 10.8. The Morgan fingerprint density at radius 1 is 1.47 bits per heavy atom. The van der Waals surface area contributed by atoms with Crippen molar-refractivity contribution < 1.29 is 9.53 Å². The molecule has 0 fully saturated rings. The van der Waals surface area contributed by atoms with Gasteiger partial charge in [0, 0.05) is 5.56 Å². The molecule has 0 spiro atoms. The maximum atomic E-state index is 11.7. The minimum Gasteiger partial charge on any atom is -0.376 e. The molecule has 15 heavy (non-hydrogen) atoms. The van der Waals surface area contributed by atoms with Crippen LogP contribution in [-0.4, -0.2) is 18.4 Å². The number of Topliss-reactive ketones (excluding diaryl/α,β-unsaturated/α-hetero) is 1. The fourth-order valence-corrected chi connectivity index (χ4v) is 1.78. The van der Waals surface area contributed by atoms with E-state index in [9.17, 15) is 4.79 Å². The first-order chi connectivity index (χ1) is 7.18. The average Bonchev–Trinajstić information content (AvgIpc) is 2.27. The van der Waals surface area contributed by atoms with Gasteiger partial charge in [0.25, 0.3) is 0 Å². The summed E-state index contributed by atoms with van der Waals surface area (Å²) >= 11 is 0. The highest BCUT2D eigenvalue weighted by molar-refractivity contribution is 5.99. The van der Waals surface area contributed by atoms with Crippen molar-refractivity contribution in [2.24, 2.45) is 5.73 Å². The second kappa shape index (κ2) is 4.13. The van der Waals surface area contributed by atoms with Crippen molar-refractivity contribution in [2.75, 3.05) is 6.61 Å². The molecule has 1 aliphatic heterocycles. The number of rotatable bonds is 2. The molecule has 0 saturated carbocycles. The molecule has 1 heterocycles. The molecular weight excluding hydrogens is 190 g/mol. The molecule has 0 saturated heterocycles. The summed E-state index contributed by atoms with van der Waals surface area (Å²) in [5.41, 5.74) is 8.68. The van der Waals surface area contributed by atoms with E-state index < -0.39 is 6.04 Å². The molecule has 0 amide bonds. The van der Waals surface area contributed by atoms with Crippen molar-refractivity contribution in [1.29, 1.82) is 0 Å². The maximum Gasteiger partial charge on any atom is 0.179 e. The first kappa shape index (κ1) is 10.3. The maximum absolute atomic E-state index is 11.7. The van der Waals surface area contributed by atoms with Crippen LogP contribution in [0, 0.1) is 0 Å². The second-order valence-corrected chi connectivity index (χ2v) is 3.94. The number of carbonyl (C=O) groups excluding carboxylic acids is 1. The van der Waals surface area contributed by atoms with Gasteiger partial charge in [-0.25, -0.2) is 0 Å². The molecule has 0 bridgehead atoms. The van der Waals surface area contributed by atoms with Gasteiger partial charge in [-0.1, -0.05) is 12.1 Å². The molecule has 3 heteroatoms. The van der Waals surface area contributed by atoms with Gasteiger partial charge < -0.3 is 10.5 Å². The Kier molecular flexibility index (Phi) is 2.84. The van der Waals surface area contributed by atoms with Crippen molar-refractivity contribution in [1.82, 2.24) is 0 Å². The van der Waals surface area contributed by atoms with Gasteiger partial charge in [-0.05, 0) is 30.5 Å². The van der Waals surface area contributed by atoms with Crippen molar-refractivity contribution in [2.45, 2.75) is 26.0 Å². The first-order valence-corrected chi connectivity index (χ1v) is 5.18. The second-order valence-electron chi connectivity index (χ2n) is 3.94. The van der Waals surface area contributed by atoms with E-state index in [2.05, 4.69) is 0 Å². The lowest BCUT2D eigenvalue weighted by atomic mass is 9.97. The molecule has 3 nitrogen and oxygen atoms in total. The van der Waals surface area contributed by atoms with E-state index in [4.69, 9.17) is 10.5 Å². The molecule has 1 aromatic rings. The summed E-state index contributed by atoms with van der Waals surface area (Å²) in [5, 5.41) is 0. The van der Waals surface area contributed by atoms with E-state index in [0.717, 1.165) is 13.0 Å². The summed E-state index contributed by atoms with van der Waals surface area (Å²) in [6.07, 6.45) is 0.884. The summed E-state index contributed by atoms with van der Waals surface area (Å²) in [7, 11) is 0. The zero-order valence-electron chi connectivity index (χ0n) is 8.82. The molecule has 1 atom stereocenters. The first-order valence-electron chi connectivity index (χ1n) is 5.18. The predicted octanol–water partition coefficient (Wildman–Crippen LogP) is 1.29. The lowest BCUT2D eigenvalue weighted by Gasteiger charge is -2.17. The number of fused-ring (bicyclic) bond motifs is 1. The van der Waals surface area contributed by atoms with Crippen molar-refractivity contribution in [3.8, 4) is 0 Å². The van der Waals surface area contributed by atoms with E-state index in [1.807, 2.05) is 18.2 Å². The molecule has 2 N–H and O–H groups in total. The number of hydrogen-bond acceptors (Lipinski definition) is 3. The monoisotopic (exact) mass is 205 g/mol. The van der Waals surface area contributed by atoms with Gasteiger partial charge in [0.2, 0.25) is 0 Å². The van der Waals surface area contributed by atoms with Crippen LogP contribution in [0.15, 0.2) is 18.2 Å². The van der Waals surface area contributed by atoms with Crippen LogP contribution in [0.5, 0.6) is 0 Å². The third-order valence-electron chi connectivity index (χ3n) is 2.68. The van der Waals surface area contributed by atoms with Gasteiger partial charge in [-0.15, -0.1) is 0 Å². The van der Waals surface area contributed by atoms with Crippen LogP contribution in [0.2, 0.25) is 0 Å². The number of ketones is 1. The van der Waals surface area contributed by atoms with Crippen molar-refractivity contribution in [3.63, 3.8) is 0 Å². The van der Waals surface area contributed by atoms with Crippen LogP contribution >= 0.6 is 0 Å². The molecule has 1 unspecified atom stereocenters. The summed E-state index contributed by atoms with van der Waals surface area (Å²) in [4.78, 5) is 11.7. The highest BCUT2D eigenvalue weighted by atomic mass is 16.5. The Bertz CT molecular complexity index is 385. The van der Waals surface area contributed by atoms with Crippen LogP contribution in [0.4, 0.5) is 0 Å². The lowest BCUT2D eigenvalue weighted by molar-refractivity contribution is 0.0965. The molecule has 0 aliphatic carbocycles.